The van der Waals surface area contributed by atoms with Crippen molar-refractivity contribution in [3.05, 3.63) is 23.9 Å². The number of aromatic nitrogens is 2. The van der Waals surface area contributed by atoms with E-state index >= 15 is 0 Å². The Bertz CT molecular complexity index is 1160. The molecule has 2 amide bonds. The van der Waals surface area contributed by atoms with Gasteiger partial charge in [-0.15, -0.1) is 0 Å². The molecule has 0 saturated carbocycles. The molecular weight excluding hydrogens is 496 g/mol. The Hall–Kier alpha value is -3.24. The number of methoxy groups -OCH3 is 1. The van der Waals surface area contributed by atoms with Crippen molar-refractivity contribution in [2.45, 2.75) is 50.4 Å². The number of aldehydes is 1. The highest BCUT2D eigenvalue weighted by molar-refractivity contribution is 5.92. The van der Waals surface area contributed by atoms with Gasteiger partial charge < -0.3 is 24.6 Å². The van der Waals surface area contributed by atoms with Crippen LogP contribution < -0.4 is 10.2 Å². The minimum absolute atomic E-state index is 0.167. The number of likely N-dealkylation sites (tertiary alicyclic amines) is 1. The van der Waals surface area contributed by atoms with E-state index in [1.165, 1.54) is 7.11 Å². The molecule has 2 aliphatic rings. The number of hydrogen-bond donors (Lipinski definition) is 1. The van der Waals surface area contributed by atoms with E-state index < -0.39 is 30.4 Å². The third-order valence-electron chi connectivity index (χ3n) is 8.11. The van der Waals surface area contributed by atoms with Gasteiger partial charge in [-0.3, -0.25) is 9.48 Å². The van der Waals surface area contributed by atoms with Crippen LogP contribution in [0.3, 0.4) is 0 Å². The van der Waals surface area contributed by atoms with E-state index in [1.54, 1.807) is 11.7 Å². The van der Waals surface area contributed by atoms with E-state index in [0.717, 1.165) is 53.7 Å². The summed E-state index contributed by atoms with van der Waals surface area (Å²) in [6, 6.07) is 6.06. The molecule has 9 nitrogen and oxygen atoms in total. The first-order chi connectivity index (χ1) is 18.2. The van der Waals surface area contributed by atoms with E-state index in [-0.39, 0.29) is 24.7 Å². The molecule has 2 atom stereocenters. The number of amides is 2. The second-order valence-electron chi connectivity index (χ2n) is 10.4. The lowest BCUT2D eigenvalue weighted by atomic mass is 9.81. The van der Waals surface area contributed by atoms with E-state index in [2.05, 4.69) is 26.1 Å². The van der Waals surface area contributed by atoms with Gasteiger partial charge in [0.05, 0.1) is 30.8 Å². The highest BCUT2D eigenvalue weighted by Gasteiger charge is 2.46. The molecule has 0 bridgehead atoms. The highest BCUT2D eigenvalue weighted by Crippen LogP contribution is 2.40. The number of ether oxygens (including phenoxy) is 1. The predicted molar refractivity (Wildman–Crippen MR) is 139 cm³/mol. The van der Waals surface area contributed by atoms with Crippen molar-refractivity contribution in [3.63, 3.8) is 0 Å². The van der Waals surface area contributed by atoms with Gasteiger partial charge in [0, 0.05) is 57.1 Å². The Balaban J connectivity index is 1.41. The maximum atomic E-state index is 14.8. The normalized spacial score (nSPS) is 20.8. The summed E-state index contributed by atoms with van der Waals surface area (Å²) in [6.45, 7) is 1.27. The topological polar surface area (TPSA) is 96.8 Å². The fourth-order valence-electron chi connectivity index (χ4n) is 5.92. The summed E-state index contributed by atoms with van der Waals surface area (Å²) < 4.78 is 36.0. The zero-order chi connectivity index (χ0) is 27.4. The molecule has 1 aromatic heterocycles. The van der Waals surface area contributed by atoms with Gasteiger partial charge >= 0.3 is 6.09 Å². The number of nitrogens with one attached hydrogen (secondary N) is 1. The summed E-state index contributed by atoms with van der Waals surface area (Å²) in [5.74, 6) is -4.10. The Morgan fingerprint density at radius 3 is 2.61 bits per heavy atom. The average molecular weight is 534 g/mol. The number of nitrogens with zero attached hydrogens (tertiary/aromatic N) is 4. The van der Waals surface area contributed by atoms with Gasteiger partial charge in [0.1, 0.15) is 6.29 Å². The third kappa shape index (κ3) is 5.76. The Labute approximate surface area is 221 Å². The molecular formula is C27H37F2N5O4. The fraction of sp³-hybridized carbons (Fsp3) is 0.630. The van der Waals surface area contributed by atoms with Gasteiger partial charge in [0.15, 0.2) is 0 Å². The number of rotatable bonds is 8. The van der Waals surface area contributed by atoms with E-state index in [4.69, 9.17) is 0 Å². The van der Waals surface area contributed by atoms with Crippen LogP contribution in [0.15, 0.2) is 18.2 Å². The number of likely N-dealkylation sites (N-methyl/N-ethyl adjacent to an activating group) is 1. The average Bonchev–Trinajstić information content (AvgIpc) is 3.24. The molecule has 2 aliphatic heterocycles. The zero-order valence-corrected chi connectivity index (χ0v) is 22.3. The van der Waals surface area contributed by atoms with Crippen molar-refractivity contribution in [2.24, 2.45) is 18.9 Å². The van der Waals surface area contributed by atoms with Crippen molar-refractivity contribution in [1.82, 2.24) is 20.0 Å². The van der Waals surface area contributed by atoms with Gasteiger partial charge in [-0.2, -0.15) is 5.10 Å². The smallest absolute Gasteiger partial charge is 0.409 e. The first kappa shape index (κ1) is 27.8. The Morgan fingerprint density at radius 1 is 1.24 bits per heavy atom. The second-order valence-corrected chi connectivity index (χ2v) is 10.4. The standard InChI is InChI=1S/C27H37F2N5O4/c1-30-25(36)22(5-4-14-35)24-21-7-6-20(16-23(21)32(2)31-24)33-11-8-18(9-12-33)15-19-10-13-34(26(37)38-3)17-27(19,28)29/h6-7,14,16,18-19,22H,4-5,8-13,15,17H2,1-3H3,(H,30,36). The highest BCUT2D eigenvalue weighted by atomic mass is 19.3. The monoisotopic (exact) mass is 533 g/mol. The maximum absolute atomic E-state index is 14.8. The van der Waals surface area contributed by atoms with Crippen LogP contribution in [0.1, 0.15) is 50.1 Å². The number of alkyl halides is 2. The molecule has 2 saturated heterocycles. The number of hydrogen-bond acceptors (Lipinski definition) is 6. The first-order valence-electron chi connectivity index (χ1n) is 13.3. The fourth-order valence-corrected chi connectivity index (χ4v) is 5.92. The first-order valence-corrected chi connectivity index (χ1v) is 13.3. The number of anilines is 1. The SMILES string of the molecule is CNC(=O)C(CCC=O)c1nn(C)c2cc(N3CCC(CC4CCN(C(=O)OC)CC4(F)F)CC3)ccc12. The largest absolute Gasteiger partial charge is 0.453 e. The van der Waals surface area contributed by atoms with Crippen LogP contribution in [-0.2, 0) is 21.4 Å². The van der Waals surface area contributed by atoms with Crippen LogP contribution in [-0.4, -0.2) is 79.2 Å². The Kier molecular flexibility index (Phi) is 8.52. The van der Waals surface area contributed by atoms with E-state index in [1.807, 2.05) is 19.2 Å². The third-order valence-corrected chi connectivity index (χ3v) is 8.11. The lowest BCUT2D eigenvalue weighted by Crippen LogP contribution is -2.51. The van der Waals surface area contributed by atoms with Crippen LogP contribution in [0.25, 0.3) is 10.9 Å². The number of halogens is 2. The van der Waals surface area contributed by atoms with Gasteiger partial charge in [-0.05, 0) is 56.2 Å². The van der Waals surface area contributed by atoms with Crippen LogP contribution in [0.5, 0.6) is 0 Å². The number of fused-ring (bicyclic) bond motifs is 1. The van der Waals surface area contributed by atoms with Crippen molar-refractivity contribution < 1.29 is 27.9 Å². The molecule has 2 unspecified atom stereocenters. The minimum atomic E-state index is -2.91. The Morgan fingerprint density at radius 2 is 1.97 bits per heavy atom. The molecule has 1 aromatic carbocycles. The predicted octanol–water partition coefficient (Wildman–Crippen LogP) is 3.71. The van der Waals surface area contributed by atoms with Crippen LogP contribution in [0.2, 0.25) is 0 Å². The molecule has 208 valence electrons. The summed E-state index contributed by atoms with van der Waals surface area (Å²) in [4.78, 5) is 38.5. The van der Waals surface area contributed by atoms with Gasteiger partial charge in [-0.25, -0.2) is 13.6 Å². The van der Waals surface area contributed by atoms with Gasteiger partial charge in [0.2, 0.25) is 5.91 Å². The lowest BCUT2D eigenvalue weighted by Gasteiger charge is -2.40. The summed E-state index contributed by atoms with van der Waals surface area (Å²) >= 11 is 0. The molecule has 0 radical (unpaired) electrons. The molecule has 0 spiro atoms. The molecule has 1 N–H and O–H groups in total. The molecule has 3 heterocycles. The summed E-state index contributed by atoms with van der Waals surface area (Å²) in [5.41, 5.74) is 2.59. The number of piperidine rings is 2. The molecule has 11 heteroatoms. The number of benzene rings is 1. The maximum Gasteiger partial charge on any atom is 0.409 e. The quantitative estimate of drug-likeness (QED) is 0.520. The molecule has 2 aromatic rings. The number of carbonyl (C=O) groups excluding carboxylic acids is 3. The van der Waals surface area contributed by atoms with E-state index in [0.29, 0.717) is 25.1 Å². The zero-order valence-electron chi connectivity index (χ0n) is 22.3. The van der Waals surface area contributed by atoms with Crippen molar-refractivity contribution in [1.29, 1.82) is 0 Å². The molecule has 0 aliphatic carbocycles. The molecule has 2 fully saturated rings. The van der Waals surface area contributed by atoms with Crippen molar-refractivity contribution in [2.75, 3.05) is 45.2 Å². The van der Waals surface area contributed by atoms with E-state index in [9.17, 15) is 23.2 Å². The van der Waals surface area contributed by atoms with Crippen LogP contribution in [0, 0.1) is 11.8 Å². The lowest BCUT2D eigenvalue weighted by molar-refractivity contribution is -0.122. The van der Waals surface area contributed by atoms with Gasteiger partial charge in [0.25, 0.3) is 5.92 Å². The van der Waals surface area contributed by atoms with Crippen molar-refractivity contribution in [3.8, 4) is 0 Å². The molecule has 4 rings (SSSR count). The summed E-state index contributed by atoms with van der Waals surface area (Å²) in [7, 11) is 4.63. The summed E-state index contributed by atoms with van der Waals surface area (Å²) in [6.07, 6.45) is 3.19. The number of aryl methyl sites for hydroxylation is 1. The van der Waals surface area contributed by atoms with Crippen LogP contribution in [0.4, 0.5) is 19.3 Å². The van der Waals surface area contributed by atoms with Gasteiger partial charge in [-0.1, -0.05) is 0 Å². The second kappa shape index (κ2) is 11.7. The van der Waals surface area contributed by atoms with Crippen LogP contribution >= 0.6 is 0 Å². The number of carbonyl (C=O) groups is 3. The summed E-state index contributed by atoms with van der Waals surface area (Å²) in [5, 5.41) is 8.18. The minimum Gasteiger partial charge on any atom is -0.453 e. The van der Waals surface area contributed by atoms with Crippen molar-refractivity contribution >= 4 is 34.9 Å². The molecule has 38 heavy (non-hydrogen) atoms.